The van der Waals surface area contributed by atoms with Gasteiger partial charge in [-0.25, -0.2) is 0 Å². The van der Waals surface area contributed by atoms with E-state index < -0.39 is 5.00 Å². The van der Waals surface area contributed by atoms with Gasteiger partial charge in [0.2, 0.25) is 6.41 Å². The molecule has 0 bridgehead atoms. The van der Waals surface area contributed by atoms with E-state index in [0.717, 1.165) is 31.2 Å². The van der Waals surface area contributed by atoms with Gasteiger partial charge < -0.3 is 10.1 Å². The third-order valence-electron chi connectivity index (χ3n) is 3.36. The molecule has 1 aromatic carbocycles. The highest BCUT2D eigenvalue weighted by Crippen LogP contribution is 2.34. The molecule has 18 heavy (non-hydrogen) atoms. The van der Waals surface area contributed by atoms with Gasteiger partial charge in [-0.05, 0) is 24.8 Å². The molecule has 2 atom stereocenters. The number of nitrogens with one attached hydrogen (secondary N) is 1. The highest BCUT2D eigenvalue weighted by molar-refractivity contribution is 6.24. The second kappa shape index (κ2) is 6.21. The van der Waals surface area contributed by atoms with E-state index in [1.165, 1.54) is 0 Å². The SMILES string of the molecule is O=CNC1(Cl)CCCCC1OCc1ccccc1. The van der Waals surface area contributed by atoms with Crippen LogP contribution in [-0.4, -0.2) is 17.5 Å². The van der Waals surface area contributed by atoms with Gasteiger partial charge in [0.15, 0.2) is 0 Å². The Bertz CT molecular complexity index is 385. The summed E-state index contributed by atoms with van der Waals surface area (Å²) in [6, 6.07) is 9.98. The normalized spacial score (nSPS) is 27.7. The number of hydrogen-bond acceptors (Lipinski definition) is 2. The molecule has 1 aliphatic rings. The lowest BCUT2D eigenvalue weighted by molar-refractivity contribution is -0.113. The van der Waals surface area contributed by atoms with Crippen LogP contribution in [0.25, 0.3) is 0 Å². The van der Waals surface area contributed by atoms with Crippen LogP contribution in [0.3, 0.4) is 0 Å². The fourth-order valence-electron chi connectivity index (χ4n) is 2.35. The van der Waals surface area contributed by atoms with Crippen LogP contribution in [0.15, 0.2) is 30.3 Å². The average molecular weight is 268 g/mol. The zero-order valence-electron chi connectivity index (χ0n) is 10.3. The van der Waals surface area contributed by atoms with Crippen molar-refractivity contribution in [2.75, 3.05) is 0 Å². The Morgan fingerprint density at radius 2 is 2.17 bits per heavy atom. The second-order valence-electron chi connectivity index (χ2n) is 4.66. The monoisotopic (exact) mass is 267 g/mol. The Balaban J connectivity index is 1.95. The topological polar surface area (TPSA) is 38.3 Å². The molecule has 1 N–H and O–H groups in total. The molecule has 3 nitrogen and oxygen atoms in total. The molecular formula is C14H18ClNO2. The highest BCUT2D eigenvalue weighted by Gasteiger charge is 2.39. The van der Waals surface area contributed by atoms with Crippen molar-refractivity contribution < 1.29 is 9.53 Å². The number of carbonyl (C=O) groups is 1. The van der Waals surface area contributed by atoms with E-state index in [0.29, 0.717) is 13.0 Å². The van der Waals surface area contributed by atoms with Crippen molar-refractivity contribution in [3.63, 3.8) is 0 Å². The number of benzene rings is 1. The number of alkyl halides is 1. The maximum atomic E-state index is 10.6. The molecule has 2 rings (SSSR count). The summed E-state index contributed by atoms with van der Waals surface area (Å²) in [4.78, 5) is 9.91. The molecule has 0 saturated heterocycles. The molecule has 1 amide bonds. The molecule has 0 radical (unpaired) electrons. The van der Waals surface area contributed by atoms with Crippen LogP contribution in [0.1, 0.15) is 31.2 Å². The Morgan fingerprint density at radius 1 is 1.39 bits per heavy atom. The zero-order valence-corrected chi connectivity index (χ0v) is 11.0. The third-order valence-corrected chi connectivity index (χ3v) is 3.90. The summed E-state index contributed by atoms with van der Waals surface area (Å²) in [5, 5.41) is 2.71. The molecule has 0 heterocycles. The minimum atomic E-state index is -0.741. The van der Waals surface area contributed by atoms with Gasteiger partial charge >= 0.3 is 0 Å². The number of amides is 1. The van der Waals surface area contributed by atoms with Gasteiger partial charge in [0, 0.05) is 0 Å². The summed E-state index contributed by atoms with van der Waals surface area (Å²) in [6.45, 7) is 0.528. The maximum Gasteiger partial charge on any atom is 0.208 e. The Morgan fingerprint density at radius 3 is 2.89 bits per heavy atom. The summed E-state index contributed by atoms with van der Waals surface area (Å²) in [7, 11) is 0. The maximum absolute atomic E-state index is 10.6. The highest BCUT2D eigenvalue weighted by atomic mass is 35.5. The van der Waals surface area contributed by atoms with Crippen LogP contribution in [0.5, 0.6) is 0 Å². The molecule has 98 valence electrons. The lowest BCUT2D eigenvalue weighted by Gasteiger charge is -2.38. The summed E-state index contributed by atoms with van der Waals surface area (Å²) in [5.74, 6) is 0. The lowest BCUT2D eigenvalue weighted by Crippen LogP contribution is -2.52. The first-order chi connectivity index (χ1) is 8.74. The number of carbonyl (C=O) groups excluding carboxylic acids is 1. The standard InChI is InChI=1S/C14H18ClNO2/c15-14(16-11-17)9-5-4-8-13(14)18-10-12-6-2-1-3-7-12/h1-3,6-7,11,13H,4-5,8-10H2,(H,16,17). The quantitative estimate of drug-likeness (QED) is 0.506. The van der Waals surface area contributed by atoms with E-state index >= 15 is 0 Å². The fourth-order valence-corrected chi connectivity index (χ4v) is 2.70. The van der Waals surface area contributed by atoms with Crippen molar-refractivity contribution in [3.8, 4) is 0 Å². The smallest absolute Gasteiger partial charge is 0.208 e. The summed E-state index contributed by atoms with van der Waals surface area (Å²) >= 11 is 6.44. The Kier molecular flexibility index (Phi) is 4.61. The van der Waals surface area contributed by atoms with Gasteiger partial charge in [-0.2, -0.15) is 0 Å². The van der Waals surface area contributed by atoms with E-state index in [1.807, 2.05) is 30.3 Å². The van der Waals surface area contributed by atoms with Crippen LogP contribution >= 0.6 is 11.6 Å². The van der Waals surface area contributed by atoms with Crippen LogP contribution in [0.2, 0.25) is 0 Å². The van der Waals surface area contributed by atoms with Crippen LogP contribution in [0.4, 0.5) is 0 Å². The predicted octanol–water partition coefficient (Wildman–Crippen LogP) is 2.83. The van der Waals surface area contributed by atoms with E-state index in [9.17, 15) is 4.79 Å². The van der Waals surface area contributed by atoms with Crippen LogP contribution in [0, 0.1) is 0 Å². The molecule has 1 aliphatic carbocycles. The molecule has 1 saturated carbocycles. The van der Waals surface area contributed by atoms with Gasteiger partial charge in [0.25, 0.3) is 0 Å². The minimum absolute atomic E-state index is 0.127. The number of ether oxygens (including phenoxy) is 1. The van der Waals surface area contributed by atoms with E-state index in [1.54, 1.807) is 0 Å². The second-order valence-corrected chi connectivity index (χ2v) is 5.33. The molecule has 0 spiro atoms. The van der Waals surface area contributed by atoms with Gasteiger partial charge in [-0.15, -0.1) is 0 Å². The first-order valence-corrected chi connectivity index (χ1v) is 6.68. The predicted molar refractivity (Wildman–Crippen MR) is 71.3 cm³/mol. The van der Waals surface area contributed by atoms with Crippen LogP contribution in [-0.2, 0) is 16.1 Å². The molecule has 0 aliphatic heterocycles. The largest absolute Gasteiger partial charge is 0.370 e. The first-order valence-electron chi connectivity index (χ1n) is 6.30. The zero-order chi connectivity index (χ0) is 12.8. The third kappa shape index (κ3) is 3.24. The molecule has 2 unspecified atom stereocenters. The molecule has 1 aromatic rings. The summed E-state index contributed by atoms with van der Waals surface area (Å²) in [6.07, 6.45) is 4.30. The first kappa shape index (κ1) is 13.4. The van der Waals surface area contributed by atoms with Crippen LogP contribution < -0.4 is 5.32 Å². The minimum Gasteiger partial charge on any atom is -0.370 e. The van der Waals surface area contributed by atoms with Crippen molar-refractivity contribution in [1.29, 1.82) is 0 Å². The van der Waals surface area contributed by atoms with Gasteiger partial charge in [0.1, 0.15) is 5.00 Å². The molecule has 0 aromatic heterocycles. The fraction of sp³-hybridized carbons (Fsp3) is 0.500. The summed E-state index contributed by atoms with van der Waals surface area (Å²) in [5.41, 5.74) is 1.12. The molecular weight excluding hydrogens is 250 g/mol. The van der Waals surface area contributed by atoms with Gasteiger partial charge in [0.05, 0.1) is 12.7 Å². The Hall–Kier alpha value is -1.06. The Labute approximate surface area is 112 Å². The summed E-state index contributed by atoms with van der Waals surface area (Å²) < 4.78 is 5.88. The van der Waals surface area contributed by atoms with E-state index in [-0.39, 0.29) is 6.10 Å². The average Bonchev–Trinajstić information content (AvgIpc) is 2.39. The number of halogens is 1. The van der Waals surface area contributed by atoms with E-state index in [4.69, 9.17) is 16.3 Å². The van der Waals surface area contributed by atoms with Crippen molar-refractivity contribution >= 4 is 18.0 Å². The number of rotatable bonds is 5. The molecule has 4 heteroatoms. The lowest BCUT2D eigenvalue weighted by atomic mass is 9.91. The van der Waals surface area contributed by atoms with Crippen molar-refractivity contribution in [1.82, 2.24) is 5.32 Å². The van der Waals surface area contributed by atoms with Crippen molar-refractivity contribution in [2.24, 2.45) is 0 Å². The van der Waals surface area contributed by atoms with Crippen molar-refractivity contribution in [2.45, 2.75) is 43.4 Å². The van der Waals surface area contributed by atoms with Crippen molar-refractivity contribution in [3.05, 3.63) is 35.9 Å². The van der Waals surface area contributed by atoms with Gasteiger partial charge in [-0.3, -0.25) is 4.79 Å². The molecule has 1 fully saturated rings. The van der Waals surface area contributed by atoms with E-state index in [2.05, 4.69) is 5.32 Å². The van der Waals surface area contributed by atoms with Gasteiger partial charge in [-0.1, -0.05) is 48.4 Å². The number of hydrogen-bond donors (Lipinski definition) is 1.